The number of methoxy groups -OCH3 is 1. The molecule has 0 heterocycles. The summed E-state index contributed by atoms with van der Waals surface area (Å²) in [4.78, 5) is 12.4. The molecule has 0 bridgehead atoms. The summed E-state index contributed by atoms with van der Waals surface area (Å²) >= 11 is 0. The highest BCUT2D eigenvalue weighted by molar-refractivity contribution is 5.94. The fourth-order valence-electron chi connectivity index (χ4n) is 2.53. The monoisotopic (exact) mass is 322 g/mol. The van der Waals surface area contributed by atoms with Crippen LogP contribution in [-0.2, 0) is 4.74 Å². The molecular formula is C18H30N2O3. The third-order valence-electron chi connectivity index (χ3n) is 3.60. The van der Waals surface area contributed by atoms with Crippen molar-refractivity contribution < 1.29 is 14.3 Å². The van der Waals surface area contributed by atoms with Crippen molar-refractivity contribution in [1.29, 1.82) is 0 Å². The summed E-state index contributed by atoms with van der Waals surface area (Å²) in [6.45, 7) is 7.91. The van der Waals surface area contributed by atoms with Crippen molar-refractivity contribution in [3.8, 4) is 5.75 Å². The maximum atomic E-state index is 12.4. The maximum absolute atomic E-state index is 12.4. The van der Waals surface area contributed by atoms with Crippen LogP contribution < -0.4 is 15.8 Å². The smallest absolute Gasteiger partial charge is 0.251 e. The molecule has 130 valence electrons. The lowest BCUT2D eigenvalue weighted by atomic mass is 9.90. The van der Waals surface area contributed by atoms with Gasteiger partial charge < -0.3 is 20.5 Å². The van der Waals surface area contributed by atoms with E-state index in [1.807, 2.05) is 19.1 Å². The first kappa shape index (κ1) is 19.5. The summed E-state index contributed by atoms with van der Waals surface area (Å²) in [5, 5.41) is 3.05. The van der Waals surface area contributed by atoms with E-state index in [0.717, 1.165) is 18.6 Å². The molecule has 0 aliphatic heterocycles. The maximum Gasteiger partial charge on any atom is 0.251 e. The highest BCUT2D eigenvalue weighted by atomic mass is 16.5. The third kappa shape index (κ3) is 7.01. The number of nitrogens with one attached hydrogen (secondary N) is 1. The lowest BCUT2D eigenvalue weighted by molar-refractivity contribution is 0.0898. The minimum absolute atomic E-state index is 0.107. The van der Waals surface area contributed by atoms with Crippen molar-refractivity contribution in [2.75, 3.05) is 26.9 Å². The van der Waals surface area contributed by atoms with E-state index in [2.05, 4.69) is 19.2 Å². The zero-order valence-electron chi connectivity index (χ0n) is 14.7. The predicted molar refractivity (Wildman–Crippen MR) is 92.8 cm³/mol. The average Bonchev–Trinajstić information content (AvgIpc) is 2.51. The first-order valence-corrected chi connectivity index (χ1v) is 8.14. The second-order valence-electron chi connectivity index (χ2n) is 6.54. The Morgan fingerprint density at radius 1 is 1.26 bits per heavy atom. The summed E-state index contributed by atoms with van der Waals surface area (Å²) in [5.74, 6) is 1.11. The molecule has 0 aliphatic carbocycles. The van der Waals surface area contributed by atoms with Gasteiger partial charge in [-0.2, -0.15) is 0 Å². The number of nitrogens with two attached hydrogens (primary N) is 1. The fourth-order valence-corrected chi connectivity index (χ4v) is 2.53. The number of hydrogen-bond acceptors (Lipinski definition) is 4. The summed E-state index contributed by atoms with van der Waals surface area (Å²) in [5.41, 5.74) is 6.06. The Bertz CT molecular complexity index is 474. The molecule has 0 aliphatic rings. The summed E-state index contributed by atoms with van der Waals surface area (Å²) in [7, 11) is 1.67. The van der Waals surface area contributed by atoms with Crippen molar-refractivity contribution in [3.63, 3.8) is 0 Å². The topological polar surface area (TPSA) is 73.6 Å². The second kappa shape index (κ2) is 9.53. The van der Waals surface area contributed by atoms with Crippen molar-refractivity contribution in [1.82, 2.24) is 5.32 Å². The van der Waals surface area contributed by atoms with Crippen LogP contribution in [-0.4, -0.2) is 38.3 Å². The van der Waals surface area contributed by atoms with E-state index in [-0.39, 0.29) is 11.4 Å². The van der Waals surface area contributed by atoms with Crippen molar-refractivity contribution in [2.45, 2.75) is 39.2 Å². The highest BCUT2D eigenvalue weighted by Gasteiger charge is 2.26. The SMILES string of the molecule is COCCCOc1ccc(C(=O)NC(C)(CN)CC(C)C)cc1. The van der Waals surface area contributed by atoms with Gasteiger partial charge in [0.1, 0.15) is 5.75 Å². The molecule has 5 heteroatoms. The Morgan fingerprint density at radius 2 is 1.91 bits per heavy atom. The lowest BCUT2D eigenvalue weighted by Crippen LogP contribution is -2.52. The Labute approximate surface area is 139 Å². The first-order chi connectivity index (χ1) is 10.9. The number of rotatable bonds is 10. The predicted octanol–water partition coefficient (Wildman–Crippen LogP) is 2.60. The lowest BCUT2D eigenvalue weighted by Gasteiger charge is -2.31. The van der Waals surface area contributed by atoms with Gasteiger partial charge >= 0.3 is 0 Å². The molecule has 1 aromatic carbocycles. The number of amides is 1. The molecule has 0 radical (unpaired) electrons. The molecular weight excluding hydrogens is 292 g/mol. The van der Waals surface area contributed by atoms with E-state index in [0.29, 0.717) is 31.2 Å². The Morgan fingerprint density at radius 3 is 2.43 bits per heavy atom. The van der Waals surface area contributed by atoms with Gasteiger partial charge in [0.15, 0.2) is 0 Å². The summed E-state index contributed by atoms with van der Waals surface area (Å²) < 4.78 is 10.6. The fraction of sp³-hybridized carbons (Fsp3) is 0.611. The second-order valence-corrected chi connectivity index (χ2v) is 6.54. The van der Waals surface area contributed by atoms with Crippen LogP contribution in [0.1, 0.15) is 44.0 Å². The molecule has 1 amide bonds. The first-order valence-electron chi connectivity index (χ1n) is 8.14. The molecule has 5 nitrogen and oxygen atoms in total. The Balaban J connectivity index is 2.59. The number of carbonyl (C=O) groups excluding carboxylic acids is 1. The van der Waals surface area contributed by atoms with Crippen molar-refractivity contribution >= 4 is 5.91 Å². The van der Waals surface area contributed by atoms with Gasteiger partial charge in [0, 0.05) is 37.8 Å². The van der Waals surface area contributed by atoms with E-state index in [4.69, 9.17) is 15.2 Å². The molecule has 23 heavy (non-hydrogen) atoms. The van der Waals surface area contributed by atoms with Gasteiger partial charge in [0.2, 0.25) is 0 Å². The number of benzene rings is 1. The van der Waals surface area contributed by atoms with Gasteiger partial charge in [-0.15, -0.1) is 0 Å². The molecule has 1 atom stereocenters. The van der Waals surface area contributed by atoms with Crippen LogP contribution in [0.5, 0.6) is 5.75 Å². The van der Waals surface area contributed by atoms with Crippen LogP contribution in [0.2, 0.25) is 0 Å². The third-order valence-corrected chi connectivity index (χ3v) is 3.60. The van der Waals surface area contributed by atoms with Gasteiger partial charge in [-0.3, -0.25) is 4.79 Å². The molecule has 0 saturated heterocycles. The molecule has 1 aromatic rings. The van der Waals surface area contributed by atoms with Gasteiger partial charge in [-0.1, -0.05) is 13.8 Å². The van der Waals surface area contributed by atoms with E-state index in [9.17, 15) is 4.79 Å². The molecule has 1 unspecified atom stereocenters. The zero-order valence-corrected chi connectivity index (χ0v) is 14.7. The number of ether oxygens (including phenoxy) is 2. The van der Waals surface area contributed by atoms with Crippen LogP contribution in [0.4, 0.5) is 0 Å². The van der Waals surface area contributed by atoms with Crippen LogP contribution in [0.15, 0.2) is 24.3 Å². The minimum Gasteiger partial charge on any atom is -0.494 e. The standard InChI is InChI=1S/C18H30N2O3/c1-14(2)12-18(3,13-19)20-17(21)15-6-8-16(9-7-15)23-11-5-10-22-4/h6-9,14H,5,10-13,19H2,1-4H3,(H,20,21). The molecule has 1 rings (SSSR count). The average molecular weight is 322 g/mol. The van der Waals surface area contributed by atoms with Crippen LogP contribution >= 0.6 is 0 Å². The van der Waals surface area contributed by atoms with E-state index >= 15 is 0 Å². The van der Waals surface area contributed by atoms with E-state index < -0.39 is 0 Å². The van der Waals surface area contributed by atoms with Gasteiger partial charge in [0.05, 0.1) is 6.61 Å². The molecule has 0 saturated carbocycles. The molecule has 3 N–H and O–H groups in total. The zero-order chi connectivity index (χ0) is 17.3. The van der Waals surface area contributed by atoms with Crippen LogP contribution in [0.25, 0.3) is 0 Å². The van der Waals surface area contributed by atoms with Gasteiger partial charge in [0.25, 0.3) is 5.91 Å². The van der Waals surface area contributed by atoms with Crippen molar-refractivity contribution in [3.05, 3.63) is 29.8 Å². The highest BCUT2D eigenvalue weighted by Crippen LogP contribution is 2.17. The quantitative estimate of drug-likeness (QED) is 0.649. The van der Waals surface area contributed by atoms with Crippen LogP contribution in [0.3, 0.4) is 0 Å². The van der Waals surface area contributed by atoms with Gasteiger partial charge in [-0.05, 0) is 43.5 Å². The summed E-state index contributed by atoms with van der Waals surface area (Å²) in [6.07, 6.45) is 1.68. The largest absolute Gasteiger partial charge is 0.494 e. The van der Waals surface area contributed by atoms with Crippen molar-refractivity contribution in [2.24, 2.45) is 11.7 Å². The number of carbonyl (C=O) groups is 1. The Hall–Kier alpha value is -1.59. The summed E-state index contributed by atoms with van der Waals surface area (Å²) in [6, 6.07) is 7.16. The normalized spacial score (nSPS) is 13.7. The minimum atomic E-state index is -0.388. The van der Waals surface area contributed by atoms with E-state index in [1.165, 1.54) is 0 Å². The Kier molecular flexibility index (Phi) is 8.06. The molecule has 0 fully saturated rings. The van der Waals surface area contributed by atoms with Gasteiger partial charge in [-0.25, -0.2) is 0 Å². The number of hydrogen-bond donors (Lipinski definition) is 2. The van der Waals surface area contributed by atoms with E-state index in [1.54, 1.807) is 19.2 Å². The molecule has 0 aromatic heterocycles. The van der Waals surface area contributed by atoms with Crippen LogP contribution in [0, 0.1) is 5.92 Å². The molecule has 0 spiro atoms.